The molecule has 3 rings (SSSR count). The van der Waals surface area contributed by atoms with Crippen molar-refractivity contribution in [1.82, 2.24) is 4.90 Å². The summed E-state index contributed by atoms with van der Waals surface area (Å²) < 4.78 is 6.26. The second-order valence-electron chi connectivity index (χ2n) is 6.63. The molecule has 0 amide bonds. The van der Waals surface area contributed by atoms with E-state index in [1.54, 1.807) is 11.8 Å². The van der Waals surface area contributed by atoms with E-state index in [9.17, 15) is 0 Å². The number of hydrogen-bond donors (Lipinski definition) is 2. The first kappa shape index (κ1) is 18.0. The van der Waals surface area contributed by atoms with Gasteiger partial charge in [0.15, 0.2) is 0 Å². The van der Waals surface area contributed by atoms with Crippen molar-refractivity contribution in [3.8, 4) is 5.75 Å². The highest BCUT2D eigenvalue weighted by Crippen LogP contribution is 2.36. The zero-order valence-corrected chi connectivity index (χ0v) is 15.6. The third kappa shape index (κ3) is 5.06. The highest BCUT2D eigenvalue weighted by Gasteiger charge is 2.16. The van der Waals surface area contributed by atoms with Gasteiger partial charge in [-0.1, -0.05) is 30.3 Å². The first-order valence-electron chi connectivity index (χ1n) is 8.93. The topological polar surface area (TPSA) is 64.5 Å². The predicted octanol–water partition coefficient (Wildman–Crippen LogP) is 4.26. The fourth-order valence-corrected chi connectivity index (χ4v) is 4.07. The first-order chi connectivity index (χ1) is 12.1. The van der Waals surface area contributed by atoms with E-state index < -0.39 is 0 Å². The van der Waals surface area contributed by atoms with Gasteiger partial charge in [-0.05, 0) is 63.2 Å². The van der Waals surface area contributed by atoms with Crippen molar-refractivity contribution in [2.75, 3.05) is 31.1 Å². The number of benzene rings is 2. The number of rotatable bonds is 6. The highest BCUT2D eigenvalue weighted by molar-refractivity contribution is 7.99. The molecule has 2 aromatic rings. The maximum absolute atomic E-state index is 6.26. The van der Waals surface area contributed by atoms with Crippen molar-refractivity contribution in [2.24, 2.45) is 0 Å². The van der Waals surface area contributed by atoms with E-state index in [1.165, 1.54) is 32.4 Å². The Morgan fingerprint density at radius 2 is 1.80 bits per heavy atom. The van der Waals surface area contributed by atoms with E-state index in [0.29, 0.717) is 11.4 Å². The third-order valence-corrected chi connectivity index (χ3v) is 5.47. The standard InChI is InChI=1S/C20H27N3OS/c1-15(14-23-11-5-2-6-12-23)24-19-7-3-4-8-20(19)25-16-9-10-17(21)18(22)13-16/h3-4,7-10,13,15H,2,5-6,11-12,14,21-22H2,1H3. The summed E-state index contributed by atoms with van der Waals surface area (Å²) in [6, 6.07) is 13.9. The quantitative estimate of drug-likeness (QED) is 0.757. The van der Waals surface area contributed by atoms with E-state index in [2.05, 4.69) is 17.9 Å². The molecule has 0 aliphatic carbocycles. The normalized spacial score (nSPS) is 16.5. The van der Waals surface area contributed by atoms with E-state index in [1.807, 2.05) is 36.4 Å². The number of nitrogen functional groups attached to an aromatic ring is 2. The fourth-order valence-electron chi connectivity index (χ4n) is 3.13. The minimum atomic E-state index is 0.163. The molecule has 25 heavy (non-hydrogen) atoms. The van der Waals surface area contributed by atoms with Crippen molar-refractivity contribution < 1.29 is 4.74 Å². The minimum absolute atomic E-state index is 0.163. The summed E-state index contributed by atoms with van der Waals surface area (Å²) in [5.41, 5.74) is 13.0. The van der Waals surface area contributed by atoms with Crippen LogP contribution in [0.4, 0.5) is 11.4 Å². The van der Waals surface area contributed by atoms with Gasteiger partial charge in [0.1, 0.15) is 11.9 Å². The number of hydrogen-bond acceptors (Lipinski definition) is 5. The van der Waals surface area contributed by atoms with Crippen LogP contribution in [0.5, 0.6) is 5.75 Å². The third-order valence-electron chi connectivity index (χ3n) is 4.43. The van der Waals surface area contributed by atoms with Gasteiger partial charge < -0.3 is 16.2 Å². The number of anilines is 2. The van der Waals surface area contributed by atoms with Gasteiger partial charge in [-0.3, -0.25) is 4.90 Å². The van der Waals surface area contributed by atoms with Gasteiger partial charge in [0.2, 0.25) is 0 Å². The predicted molar refractivity (Wildman–Crippen MR) is 106 cm³/mol. The number of ether oxygens (including phenoxy) is 1. The van der Waals surface area contributed by atoms with Crippen molar-refractivity contribution in [2.45, 2.75) is 42.1 Å². The smallest absolute Gasteiger partial charge is 0.133 e. The van der Waals surface area contributed by atoms with E-state index >= 15 is 0 Å². The molecule has 134 valence electrons. The molecule has 0 spiro atoms. The number of nitrogens with two attached hydrogens (primary N) is 2. The molecule has 1 atom stereocenters. The zero-order chi connectivity index (χ0) is 17.6. The van der Waals surface area contributed by atoms with Crippen LogP contribution < -0.4 is 16.2 Å². The monoisotopic (exact) mass is 357 g/mol. The van der Waals surface area contributed by atoms with Gasteiger partial charge >= 0.3 is 0 Å². The lowest BCUT2D eigenvalue weighted by Crippen LogP contribution is -2.37. The Balaban J connectivity index is 1.66. The van der Waals surface area contributed by atoms with Gasteiger partial charge in [-0.2, -0.15) is 0 Å². The molecule has 1 unspecified atom stereocenters. The Morgan fingerprint density at radius 3 is 2.56 bits per heavy atom. The molecule has 1 fully saturated rings. The molecule has 4 nitrogen and oxygen atoms in total. The summed E-state index contributed by atoms with van der Waals surface area (Å²) in [5, 5.41) is 0. The van der Waals surface area contributed by atoms with Crippen molar-refractivity contribution in [3.05, 3.63) is 42.5 Å². The molecule has 1 heterocycles. The lowest BCUT2D eigenvalue weighted by Gasteiger charge is -2.29. The van der Waals surface area contributed by atoms with E-state index in [-0.39, 0.29) is 6.10 Å². The first-order valence-corrected chi connectivity index (χ1v) is 9.74. The Kier molecular flexibility index (Phi) is 6.10. The van der Waals surface area contributed by atoms with Gasteiger partial charge in [0, 0.05) is 11.4 Å². The molecule has 1 aliphatic rings. The molecule has 1 saturated heterocycles. The molecule has 0 aromatic heterocycles. The summed E-state index contributed by atoms with van der Waals surface area (Å²) in [6.07, 6.45) is 4.13. The van der Waals surface area contributed by atoms with Crippen LogP contribution in [0.15, 0.2) is 52.3 Å². The summed E-state index contributed by atoms with van der Waals surface area (Å²) in [4.78, 5) is 4.66. The summed E-state index contributed by atoms with van der Waals surface area (Å²) >= 11 is 1.65. The second-order valence-corrected chi connectivity index (χ2v) is 7.74. The van der Waals surface area contributed by atoms with Crippen molar-refractivity contribution in [1.29, 1.82) is 0 Å². The van der Waals surface area contributed by atoms with Crippen LogP contribution in [0, 0.1) is 0 Å². The van der Waals surface area contributed by atoms with Crippen LogP contribution in [0.25, 0.3) is 0 Å². The molecule has 4 N–H and O–H groups in total. The average Bonchev–Trinajstić information content (AvgIpc) is 2.61. The largest absolute Gasteiger partial charge is 0.488 e. The van der Waals surface area contributed by atoms with Crippen molar-refractivity contribution >= 4 is 23.1 Å². The zero-order valence-electron chi connectivity index (χ0n) is 14.8. The lowest BCUT2D eigenvalue weighted by atomic mass is 10.1. The Labute approximate surface area is 154 Å². The number of para-hydroxylation sites is 1. The molecular weight excluding hydrogens is 330 g/mol. The van der Waals surface area contributed by atoms with E-state index in [0.717, 1.165) is 22.1 Å². The van der Waals surface area contributed by atoms with Gasteiger partial charge in [-0.15, -0.1) is 0 Å². The number of likely N-dealkylation sites (tertiary alicyclic amines) is 1. The molecule has 0 saturated carbocycles. The summed E-state index contributed by atoms with van der Waals surface area (Å²) in [7, 11) is 0. The number of nitrogens with zero attached hydrogens (tertiary/aromatic N) is 1. The maximum Gasteiger partial charge on any atom is 0.133 e. The molecule has 5 heteroatoms. The fraction of sp³-hybridized carbons (Fsp3) is 0.400. The van der Waals surface area contributed by atoms with Crippen LogP contribution in [0.2, 0.25) is 0 Å². The Hall–Kier alpha value is -1.85. The number of piperidine rings is 1. The molecule has 2 aromatic carbocycles. The van der Waals surface area contributed by atoms with Crippen LogP contribution in [-0.2, 0) is 0 Å². The highest BCUT2D eigenvalue weighted by atomic mass is 32.2. The minimum Gasteiger partial charge on any atom is -0.488 e. The van der Waals surface area contributed by atoms with Crippen LogP contribution in [0.3, 0.4) is 0 Å². The Bertz CT molecular complexity index is 701. The van der Waals surface area contributed by atoms with Crippen LogP contribution >= 0.6 is 11.8 Å². The maximum atomic E-state index is 6.26. The summed E-state index contributed by atoms with van der Waals surface area (Å²) in [6.45, 7) is 5.51. The van der Waals surface area contributed by atoms with Crippen LogP contribution in [-0.4, -0.2) is 30.6 Å². The molecule has 0 bridgehead atoms. The SMILES string of the molecule is CC(CN1CCCCC1)Oc1ccccc1Sc1ccc(N)c(N)c1. The molecule has 1 aliphatic heterocycles. The van der Waals surface area contributed by atoms with Gasteiger partial charge in [0.05, 0.1) is 16.3 Å². The lowest BCUT2D eigenvalue weighted by molar-refractivity contribution is 0.128. The average molecular weight is 358 g/mol. The van der Waals surface area contributed by atoms with Gasteiger partial charge in [0.25, 0.3) is 0 Å². The molecule has 0 radical (unpaired) electrons. The van der Waals surface area contributed by atoms with E-state index in [4.69, 9.17) is 16.2 Å². The second kappa shape index (κ2) is 8.50. The Morgan fingerprint density at radius 1 is 1.04 bits per heavy atom. The van der Waals surface area contributed by atoms with Crippen LogP contribution in [0.1, 0.15) is 26.2 Å². The molecular formula is C20H27N3OS. The van der Waals surface area contributed by atoms with Gasteiger partial charge in [-0.25, -0.2) is 0 Å². The summed E-state index contributed by atoms with van der Waals surface area (Å²) in [5.74, 6) is 0.924. The van der Waals surface area contributed by atoms with Crippen molar-refractivity contribution in [3.63, 3.8) is 0 Å².